The van der Waals surface area contributed by atoms with Crippen molar-refractivity contribution in [2.24, 2.45) is 0 Å². The van der Waals surface area contributed by atoms with Crippen LogP contribution >= 0.6 is 0 Å². The summed E-state index contributed by atoms with van der Waals surface area (Å²) in [4.78, 5) is 36.0. The fourth-order valence-electron chi connectivity index (χ4n) is 2.91. The Morgan fingerprint density at radius 3 is 2.19 bits per heavy atom. The summed E-state index contributed by atoms with van der Waals surface area (Å²) in [5.41, 5.74) is 2.05. The number of ether oxygens (including phenoxy) is 1. The van der Waals surface area contributed by atoms with Gasteiger partial charge < -0.3 is 15.4 Å². The Morgan fingerprint density at radius 2 is 1.55 bits per heavy atom. The van der Waals surface area contributed by atoms with E-state index >= 15 is 0 Å². The number of rotatable bonds is 10. The molecule has 0 spiro atoms. The molecule has 0 heterocycles. The summed E-state index contributed by atoms with van der Waals surface area (Å²) in [6.45, 7) is 6.13. The molecule has 6 nitrogen and oxygen atoms in total. The van der Waals surface area contributed by atoms with Gasteiger partial charge in [0.1, 0.15) is 0 Å². The summed E-state index contributed by atoms with van der Waals surface area (Å²) in [5.74, 6) is -0.619. The second kappa shape index (κ2) is 11.9. The minimum atomic E-state index is -0.312. The van der Waals surface area contributed by atoms with Crippen LogP contribution in [-0.4, -0.2) is 29.9 Å². The lowest BCUT2D eigenvalue weighted by atomic mass is 10.1. The number of carbonyl (C=O) groups is 3. The smallest absolute Gasteiger partial charge is 0.305 e. The fraction of sp³-hybridized carbons (Fsp3) is 0.400. The van der Waals surface area contributed by atoms with E-state index in [0.717, 1.165) is 12.8 Å². The summed E-state index contributed by atoms with van der Waals surface area (Å²) in [6.07, 6.45) is 2.51. The van der Waals surface area contributed by atoms with Gasteiger partial charge in [-0.2, -0.15) is 0 Å². The van der Waals surface area contributed by atoms with Crippen molar-refractivity contribution in [1.82, 2.24) is 5.32 Å². The van der Waals surface area contributed by atoms with Crippen molar-refractivity contribution in [2.45, 2.75) is 58.4 Å². The monoisotopic (exact) mass is 424 g/mol. The maximum Gasteiger partial charge on any atom is 0.305 e. The minimum Gasteiger partial charge on any atom is -0.466 e. The van der Waals surface area contributed by atoms with Gasteiger partial charge in [-0.15, -0.1) is 0 Å². The van der Waals surface area contributed by atoms with Crippen LogP contribution in [0, 0.1) is 0 Å². The van der Waals surface area contributed by atoms with Crippen molar-refractivity contribution >= 4 is 23.5 Å². The van der Waals surface area contributed by atoms with E-state index in [1.54, 1.807) is 24.3 Å². The van der Waals surface area contributed by atoms with Crippen molar-refractivity contribution in [2.75, 3.05) is 11.9 Å². The van der Waals surface area contributed by atoms with E-state index in [1.807, 2.05) is 39.0 Å². The molecule has 2 N–H and O–H groups in total. The molecule has 0 saturated carbocycles. The van der Waals surface area contributed by atoms with Crippen LogP contribution in [0.4, 0.5) is 5.69 Å². The first-order valence-corrected chi connectivity index (χ1v) is 10.6. The molecular formula is C25H32N2O4. The highest BCUT2D eigenvalue weighted by Crippen LogP contribution is 2.12. The molecule has 0 radical (unpaired) electrons. The summed E-state index contributed by atoms with van der Waals surface area (Å²) in [7, 11) is 0. The maximum absolute atomic E-state index is 12.1. The first-order chi connectivity index (χ1) is 14.7. The number of carbonyl (C=O) groups excluding carboxylic acids is 3. The largest absolute Gasteiger partial charge is 0.466 e. The first kappa shape index (κ1) is 24.1. The Hall–Kier alpha value is -3.15. The second-order valence-corrected chi connectivity index (χ2v) is 8.49. The van der Waals surface area contributed by atoms with Crippen LogP contribution in [0.25, 0.3) is 0 Å². The lowest BCUT2D eigenvalue weighted by Crippen LogP contribution is -2.40. The Labute approximate surface area is 184 Å². The van der Waals surface area contributed by atoms with Gasteiger partial charge in [0.25, 0.3) is 5.91 Å². The predicted molar refractivity (Wildman–Crippen MR) is 122 cm³/mol. The molecule has 2 rings (SSSR count). The van der Waals surface area contributed by atoms with E-state index in [0.29, 0.717) is 24.3 Å². The fourth-order valence-corrected chi connectivity index (χ4v) is 2.91. The van der Waals surface area contributed by atoms with Crippen LogP contribution in [0.15, 0.2) is 54.6 Å². The third-order valence-corrected chi connectivity index (χ3v) is 4.42. The van der Waals surface area contributed by atoms with E-state index in [4.69, 9.17) is 4.74 Å². The first-order valence-electron chi connectivity index (χ1n) is 10.6. The van der Waals surface area contributed by atoms with E-state index in [1.165, 1.54) is 5.56 Å². The number of anilines is 1. The highest BCUT2D eigenvalue weighted by atomic mass is 16.5. The summed E-state index contributed by atoms with van der Waals surface area (Å²) >= 11 is 0. The number of aryl methyl sites for hydroxylation is 1. The van der Waals surface area contributed by atoms with E-state index in [9.17, 15) is 14.4 Å². The average molecular weight is 425 g/mol. The van der Waals surface area contributed by atoms with Gasteiger partial charge in [-0.05, 0) is 69.9 Å². The minimum absolute atomic E-state index is 0.160. The van der Waals surface area contributed by atoms with Gasteiger partial charge in [-0.25, -0.2) is 0 Å². The summed E-state index contributed by atoms with van der Waals surface area (Å²) < 4.78 is 5.23. The zero-order chi connectivity index (χ0) is 22.7. The molecule has 0 bridgehead atoms. The van der Waals surface area contributed by atoms with E-state index in [-0.39, 0.29) is 36.2 Å². The van der Waals surface area contributed by atoms with Crippen LogP contribution < -0.4 is 10.6 Å². The highest BCUT2D eigenvalue weighted by Gasteiger charge is 2.15. The molecule has 0 unspecified atom stereocenters. The predicted octanol–water partition coefficient (Wildman–Crippen LogP) is 4.50. The van der Waals surface area contributed by atoms with Crippen molar-refractivity contribution in [3.63, 3.8) is 0 Å². The van der Waals surface area contributed by atoms with Crippen molar-refractivity contribution in [1.29, 1.82) is 0 Å². The Morgan fingerprint density at radius 1 is 0.871 bits per heavy atom. The van der Waals surface area contributed by atoms with Crippen LogP contribution in [0.5, 0.6) is 0 Å². The van der Waals surface area contributed by atoms with Crippen LogP contribution in [0.2, 0.25) is 0 Å². The molecule has 0 aliphatic rings. The van der Waals surface area contributed by atoms with Gasteiger partial charge in [0.2, 0.25) is 5.91 Å². The van der Waals surface area contributed by atoms with Gasteiger partial charge >= 0.3 is 5.97 Å². The summed E-state index contributed by atoms with van der Waals surface area (Å²) in [6, 6.07) is 16.8. The highest BCUT2D eigenvalue weighted by molar-refractivity contribution is 5.96. The molecule has 0 saturated heterocycles. The average Bonchev–Trinajstić information content (AvgIpc) is 2.71. The van der Waals surface area contributed by atoms with Gasteiger partial charge in [-0.1, -0.05) is 30.3 Å². The topological polar surface area (TPSA) is 84.5 Å². The molecule has 0 fully saturated rings. The molecule has 0 aliphatic heterocycles. The number of amides is 2. The zero-order valence-corrected chi connectivity index (χ0v) is 18.6. The lowest BCUT2D eigenvalue weighted by Gasteiger charge is -2.20. The Balaban J connectivity index is 1.61. The van der Waals surface area contributed by atoms with Crippen LogP contribution in [0.3, 0.4) is 0 Å². The molecule has 0 atom stereocenters. The van der Waals surface area contributed by atoms with Gasteiger partial charge in [0.05, 0.1) is 6.61 Å². The van der Waals surface area contributed by atoms with Gasteiger partial charge in [-0.3, -0.25) is 14.4 Å². The Bertz CT molecular complexity index is 855. The number of hydrogen-bond acceptors (Lipinski definition) is 4. The summed E-state index contributed by atoms with van der Waals surface area (Å²) in [5, 5.41) is 5.67. The second-order valence-electron chi connectivity index (χ2n) is 8.49. The number of benzene rings is 2. The zero-order valence-electron chi connectivity index (χ0n) is 18.6. The lowest BCUT2D eigenvalue weighted by molar-refractivity contribution is -0.143. The molecule has 31 heavy (non-hydrogen) atoms. The molecular weight excluding hydrogens is 392 g/mol. The third-order valence-electron chi connectivity index (χ3n) is 4.42. The van der Waals surface area contributed by atoms with Gasteiger partial charge in [0.15, 0.2) is 0 Å². The molecule has 6 heteroatoms. The molecule has 0 aliphatic carbocycles. The molecule has 2 amide bonds. The Kier molecular flexibility index (Phi) is 9.25. The number of hydrogen-bond donors (Lipinski definition) is 2. The molecule has 2 aromatic carbocycles. The SMILES string of the molecule is CC(C)(C)NC(=O)c1ccc(NC(=O)CCCC(=O)OCCCc2ccccc2)cc1. The van der Waals surface area contributed by atoms with E-state index < -0.39 is 0 Å². The molecule has 166 valence electrons. The van der Waals surface area contributed by atoms with Crippen LogP contribution in [-0.2, 0) is 20.7 Å². The van der Waals surface area contributed by atoms with Crippen molar-refractivity contribution in [3.05, 3.63) is 65.7 Å². The molecule has 0 aromatic heterocycles. The standard InChI is InChI=1S/C25H32N2O4/c1-25(2,3)27-24(30)20-14-16-21(17-15-20)26-22(28)12-7-13-23(29)31-18-8-11-19-9-5-4-6-10-19/h4-6,9-10,14-17H,7-8,11-13,18H2,1-3H3,(H,26,28)(H,27,30). The quantitative estimate of drug-likeness (QED) is 0.434. The number of esters is 1. The van der Waals surface area contributed by atoms with Crippen LogP contribution in [0.1, 0.15) is 62.4 Å². The van der Waals surface area contributed by atoms with Crippen molar-refractivity contribution in [3.8, 4) is 0 Å². The van der Waals surface area contributed by atoms with E-state index in [2.05, 4.69) is 22.8 Å². The number of nitrogens with one attached hydrogen (secondary N) is 2. The van der Waals surface area contributed by atoms with Gasteiger partial charge in [0, 0.05) is 29.6 Å². The third kappa shape index (κ3) is 9.94. The molecule has 2 aromatic rings. The van der Waals surface area contributed by atoms with Crippen molar-refractivity contribution < 1.29 is 19.1 Å². The maximum atomic E-state index is 12.1. The normalized spacial score (nSPS) is 10.9.